The van der Waals surface area contributed by atoms with Crippen molar-refractivity contribution in [3.63, 3.8) is 0 Å². The molecule has 0 saturated heterocycles. The summed E-state index contributed by atoms with van der Waals surface area (Å²) in [5.74, 6) is 2.15. The Bertz CT molecular complexity index is 301. The van der Waals surface area contributed by atoms with Gasteiger partial charge >= 0.3 is 0 Å². The zero-order valence-electron chi connectivity index (χ0n) is 11.3. The maximum atomic E-state index is 4.51. The lowest BCUT2D eigenvalue weighted by Gasteiger charge is -2.24. The SMILES string of the molecule is Cc1nc(NCC(C(C)C)C(C)C)sc1C. The van der Waals surface area contributed by atoms with Gasteiger partial charge in [-0.1, -0.05) is 27.7 Å². The maximum absolute atomic E-state index is 4.51. The minimum atomic E-state index is 0.713. The molecule has 0 aliphatic carbocycles. The summed E-state index contributed by atoms with van der Waals surface area (Å²) < 4.78 is 0. The monoisotopic (exact) mass is 240 g/mol. The van der Waals surface area contributed by atoms with Crippen molar-refractivity contribution < 1.29 is 0 Å². The molecule has 1 heterocycles. The molecule has 16 heavy (non-hydrogen) atoms. The fourth-order valence-corrected chi connectivity index (χ4v) is 2.82. The molecule has 2 nitrogen and oxygen atoms in total. The summed E-state index contributed by atoms with van der Waals surface area (Å²) in [4.78, 5) is 5.82. The standard InChI is InChI=1S/C13H24N2S/c1-8(2)12(9(3)4)7-14-13-15-10(5)11(6)16-13/h8-9,12H,7H2,1-6H3,(H,14,15). The van der Waals surface area contributed by atoms with E-state index in [-0.39, 0.29) is 0 Å². The second-order valence-electron chi connectivity index (χ2n) is 5.19. The molecule has 92 valence electrons. The van der Waals surface area contributed by atoms with Crippen LogP contribution in [0.25, 0.3) is 0 Å². The molecule has 0 aromatic carbocycles. The Hall–Kier alpha value is -0.570. The number of thiazole rings is 1. The minimum Gasteiger partial charge on any atom is -0.361 e. The quantitative estimate of drug-likeness (QED) is 0.838. The third-order valence-electron chi connectivity index (χ3n) is 3.23. The van der Waals surface area contributed by atoms with Crippen LogP contribution in [-0.4, -0.2) is 11.5 Å². The van der Waals surface area contributed by atoms with Crippen LogP contribution in [0.4, 0.5) is 5.13 Å². The molecule has 0 unspecified atom stereocenters. The largest absolute Gasteiger partial charge is 0.361 e. The molecule has 0 amide bonds. The van der Waals surface area contributed by atoms with Gasteiger partial charge in [0, 0.05) is 11.4 Å². The van der Waals surface area contributed by atoms with Gasteiger partial charge in [0.25, 0.3) is 0 Å². The first-order chi connectivity index (χ1) is 7.41. The normalized spacial score (nSPS) is 11.8. The van der Waals surface area contributed by atoms with Crippen LogP contribution in [0.5, 0.6) is 0 Å². The summed E-state index contributed by atoms with van der Waals surface area (Å²) >= 11 is 1.76. The Morgan fingerprint density at radius 1 is 1.12 bits per heavy atom. The molecule has 0 bridgehead atoms. The highest BCUT2D eigenvalue weighted by Crippen LogP contribution is 2.24. The molecule has 1 N–H and O–H groups in total. The van der Waals surface area contributed by atoms with E-state index in [9.17, 15) is 0 Å². The lowest BCUT2D eigenvalue weighted by Crippen LogP contribution is -2.24. The van der Waals surface area contributed by atoms with Crippen LogP contribution in [0.2, 0.25) is 0 Å². The number of rotatable bonds is 5. The van der Waals surface area contributed by atoms with E-state index in [1.807, 2.05) is 0 Å². The van der Waals surface area contributed by atoms with E-state index < -0.39 is 0 Å². The Labute approximate surface area is 103 Å². The number of aromatic nitrogens is 1. The van der Waals surface area contributed by atoms with E-state index in [1.54, 1.807) is 11.3 Å². The van der Waals surface area contributed by atoms with Gasteiger partial charge in [-0.3, -0.25) is 0 Å². The maximum Gasteiger partial charge on any atom is 0.183 e. The van der Waals surface area contributed by atoms with Crippen molar-refractivity contribution >= 4 is 16.5 Å². The van der Waals surface area contributed by atoms with Crippen molar-refractivity contribution in [1.29, 1.82) is 0 Å². The fraction of sp³-hybridized carbons (Fsp3) is 0.769. The fourth-order valence-electron chi connectivity index (χ4n) is 1.99. The van der Waals surface area contributed by atoms with Gasteiger partial charge < -0.3 is 5.32 Å². The van der Waals surface area contributed by atoms with Gasteiger partial charge in [0.15, 0.2) is 5.13 Å². The van der Waals surface area contributed by atoms with E-state index in [2.05, 4.69) is 51.8 Å². The van der Waals surface area contributed by atoms with Crippen LogP contribution in [0.3, 0.4) is 0 Å². The molecule has 0 spiro atoms. The van der Waals surface area contributed by atoms with Crippen molar-refractivity contribution in [1.82, 2.24) is 4.98 Å². The van der Waals surface area contributed by atoms with Gasteiger partial charge in [-0.15, -0.1) is 11.3 Å². The first kappa shape index (κ1) is 13.5. The van der Waals surface area contributed by atoms with E-state index >= 15 is 0 Å². The second kappa shape index (κ2) is 5.67. The first-order valence-electron chi connectivity index (χ1n) is 6.09. The van der Waals surface area contributed by atoms with Crippen molar-refractivity contribution in [3.05, 3.63) is 10.6 Å². The molecular formula is C13H24N2S. The summed E-state index contributed by atoms with van der Waals surface area (Å²) in [6.45, 7) is 14.4. The molecule has 1 rings (SSSR count). The highest BCUT2D eigenvalue weighted by atomic mass is 32.1. The van der Waals surface area contributed by atoms with Crippen LogP contribution in [-0.2, 0) is 0 Å². The predicted molar refractivity (Wildman–Crippen MR) is 73.2 cm³/mol. The van der Waals surface area contributed by atoms with E-state index in [0.717, 1.165) is 29.2 Å². The van der Waals surface area contributed by atoms with E-state index in [1.165, 1.54) is 4.88 Å². The second-order valence-corrected chi connectivity index (χ2v) is 6.40. The Balaban J connectivity index is 2.55. The summed E-state index contributed by atoms with van der Waals surface area (Å²) in [5.41, 5.74) is 1.15. The van der Waals surface area contributed by atoms with Gasteiger partial charge in [-0.05, 0) is 31.6 Å². The van der Waals surface area contributed by atoms with Crippen LogP contribution < -0.4 is 5.32 Å². The minimum absolute atomic E-state index is 0.713. The summed E-state index contributed by atoms with van der Waals surface area (Å²) in [5, 5.41) is 4.55. The molecule has 1 aromatic heterocycles. The highest BCUT2D eigenvalue weighted by Gasteiger charge is 2.17. The Morgan fingerprint density at radius 2 is 1.69 bits per heavy atom. The van der Waals surface area contributed by atoms with Crippen molar-refractivity contribution in [2.75, 3.05) is 11.9 Å². The van der Waals surface area contributed by atoms with Gasteiger partial charge in [-0.25, -0.2) is 4.98 Å². The summed E-state index contributed by atoms with van der Waals surface area (Å²) in [6.07, 6.45) is 0. The number of anilines is 1. The van der Waals surface area contributed by atoms with Gasteiger partial charge in [0.1, 0.15) is 0 Å². The first-order valence-corrected chi connectivity index (χ1v) is 6.91. The smallest absolute Gasteiger partial charge is 0.183 e. The van der Waals surface area contributed by atoms with E-state index in [4.69, 9.17) is 0 Å². The molecule has 0 aliphatic heterocycles. The molecule has 0 radical (unpaired) electrons. The number of hydrogen-bond acceptors (Lipinski definition) is 3. The molecule has 1 aromatic rings. The zero-order chi connectivity index (χ0) is 12.3. The van der Waals surface area contributed by atoms with Gasteiger partial charge in [0.05, 0.1) is 5.69 Å². The van der Waals surface area contributed by atoms with Gasteiger partial charge in [0.2, 0.25) is 0 Å². The highest BCUT2D eigenvalue weighted by molar-refractivity contribution is 7.15. The number of aryl methyl sites for hydroxylation is 2. The van der Waals surface area contributed by atoms with Crippen LogP contribution in [0.1, 0.15) is 38.3 Å². The Morgan fingerprint density at radius 3 is 2.06 bits per heavy atom. The zero-order valence-corrected chi connectivity index (χ0v) is 12.1. The molecule has 0 aliphatic rings. The van der Waals surface area contributed by atoms with Crippen LogP contribution >= 0.6 is 11.3 Å². The van der Waals surface area contributed by atoms with Crippen LogP contribution in [0.15, 0.2) is 0 Å². The van der Waals surface area contributed by atoms with E-state index in [0.29, 0.717) is 5.92 Å². The van der Waals surface area contributed by atoms with Crippen molar-refractivity contribution in [3.8, 4) is 0 Å². The van der Waals surface area contributed by atoms with Crippen molar-refractivity contribution in [2.24, 2.45) is 17.8 Å². The van der Waals surface area contributed by atoms with Gasteiger partial charge in [-0.2, -0.15) is 0 Å². The molecule has 0 saturated carbocycles. The lowest BCUT2D eigenvalue weighted by molar-refractivity contribution is 0.304. The summed E-state index contributed by atoms with van der Waals surface area (Å²) in [6, 6.07) is 0. The predicted octanol–water partition coefficient (Wildman–Crippen LogP) is 4.10. The lowest BCUT2D eigenvalue weighted by atomic mass is 9.86. The third-order valence-corrected chi connectivity index (χ3v) is 4.26. The summed E-state index contributed by atoms with van der Waals surface area (Å²) in [7, 11) is 0. The number of nitrogens with zero attached hydrogens (tertiary/aromatic N) is 1. The molecule has 3 heteroatoms. The average Bonchev–Trinajstić information content (AvgIpc) is 2.45. The number of hydrogen-bond donors (Lipinski definition) is 1. The topological polar surface area (TPSA) is 24.9 Å². The number of nitrogens with one attached hydrogen (secondary N) is 1. The van der Waals surface area contributed by atoms with Crippen LogP contribution in [0, 0.1) is 31.6 Å². The average molecular weight is 240 g/mol. The Kier molecular flexibility index (Phi) is 4.78. The molecule has 0 atom stereocenters. The molecular weight excluding hydrogens is 216 g/mol. The van der Waals surface area contributed by atoms with Crippen molar-refractivity contribution in [2.45, 2.75) is 41.5 Å². The third kappa shape index (κ3) is 3.48. The molecule has 0 fully saturated rings.